The SMILES string of the molecule is CC(C)(C)N(CCCc1cccc2ccccc12)C(=O)O. The Labute approximate surface area is 126 Å². The number of nitrogens with zero attached hydrogens (tertiary/aromatic N) is 1. The largest absolute Gasteiger partial charge is 0.465 e. The van der Waals surface area contributed by atoms with Crippen LogP contribution in [0.15, 0.2) is 42.5 Å². The van der Waals surface area contributed by atoms with Gasteiger partial charge in [0.25, 0.3) is 0 Å². The van der Waals surface area contributed by atoms with Crippen molar-refractivity contribution in [2.24, 2.45) is 0 Å². The summed E-state index contributed by atoms with van der Waals surface area (Å²) in [7, 11) is 0. The molecule has 0 atom stereocenters. The molecule has 2 rings (SSSR count). The first kappa shape index (κ1) is 15.4. The lowest BCUT2D eigenvalue weighted by molar-refractivity contribution is 0.0996. The molecule has 0 saturated carbocycles. The van der Waals surface area contributed by atoms with E-state index in [0.717, 1.165) is 12.8 Å². The number of fused-ring (bicyclic) bond motifs is 1. The van der Waals surface area contributed by atoms with Gasteiger partial charge in [-0.1, -0.05) is 42.5 Å². The third-order valence-corrected chi connectivity index (χ3v) is 3.75. The van der Waals surface area contributed by atoms with Crippen LogP contribution in [0.5, 0.6) is 0 Å². The first-order valence-electron chi connectivity index (χ1n) is 7.37. The molecule has 0 fully saturated rings. The number of aryl methyl sites for hydroxylation is 1. The summed E-state index contributed by atoms with van der Waals surface area (Å²) >= 11 is 0. The van der Waals surface area contributed by atoms with Crippen LogP contribution in [-0.2, 0) is 6.42 Å². The monoisotopic (exact) mass is 285 g/mol. The molecule has 21 heavy (non-hydrogen) atoms. The molecule has 0 unspecified atom stereocenters. The minimum atomic E-state index is -0.847. The zero-order valence-corrected chi connectivity index (χ0v) is 13.0. The van der Waals surface area contributed by atoms with Gasteiger partial charge >= 0.3 is 6.09 Å². The highest BCUT2D eigenvalue weighted by Crippen LogP contribution is 2.21. The molecule has 3 heteroatoms. The quantitative estimate of drug-likeness (QED) is 0.895. The van der Waals surface area contributed by atoms with E-state index in [1.165, 1.54) is 21.2 Å². The molecule has 112 valence electrons. The van der Waals surface area contributed by atoms with Crippen LogP contribution >= 0.6 is 0 Å². The lowest BCUT2D eigenvalue weighted by atomic mass is 10.00. The molecule has 0 aliphatic heterocycles. The molecule has 0 aliphatic carbocycles. The predicted molar refractivity (Wildman–Crippen MR) is 86.8 cm³/mol. The Balaban J connectivity index is 2.07. The Bertz CT molecular complexity index is 623. The summed E-state index contributed by atoms with van der Waals surface area (Å²) in [5.41, 5.74) is 0.928. The zero-order chi connectivity index (χ0) is 15.5. The summed E-state index contributed by atoms with van der Waals surface area (Å²) in [5, 5.41) is 11.8. The van der Waals surface area contributed by atoms with Gasteiger partial charge in [-0.25, -0.2) is 4.79 Å². The Morgan fingerprint density at radius 2 is 1.76 bits per heavy atom. The van der Waals surface area contributed by atoms with Crippen molar-refractivity contribution >= 4 is 16.9 Å². The van der Waals surface area contributed by atoms with E-state index >= 15 is 0 Å². The normalized spacial score (nSPS) is 11.6. The number of amides is 1. The molecular weight excluding hydrogens is 262 g/mol. The summed E-state index contributed by atoms with van der Waals surface area (Å²) in [6, 6.07) is 14.6. The third-order valence-electron chi connectivity index (χ3n) is 3.75. The van der Waals surface area contributed by atoms with Gasteiger partial charge in [0, 0.05) is 12.1 Å². The van der Waals surface area contributed by atoms with Gasteiger partial charge in [-0.15, -0.1) is 0 Å². The standard InChI is InChI=1S/C18H23NO2/c1-18(2,3)19(17(20)21)13-7-11-15-10-6-9-14-8-4-5-12-16(14)15/h4-6,8-10,12H,7,11,13H2,1-3H3,(H,20,21). The molecule has 1 N–H and O–H groups in total. The van der Waals surface area contributed by atoms with E-state index in [1.807, 2.05) is 32.9 Å². The second kappa shape index (κ2) is 6.17. The number of hydrogen-bond acceptors (Lipinski definition) is 1. The van der Waals surface area contributed by atoms with Crippen LogP contribution in [0.1, 0.15) is 32.8 Å². The molecule has 0 spiro atoms. The third kappa shape index (κ3) is 3.75. The van der Waals surface area contributed by atoms with Crippen molar-refractivity contribution in [2.45, 2.75) is 39.2 Å². The second-order valence-corrected chi connectivity index (χ2v) is 6.35. The van der Waals surface area contributed by atoms with E-state index in [9.17, 15) is 9.90 Å². The van der Waals surface area contributed by atoms with Crippen LogP contribution in [0.25, 0.3) is 10.8 Å². The highest BCUT2D eigenvalue weighted by Gasteiger charge is 2.25. The van der Waals surface area contributed by atoms with Gasteiger partial charge < -0.3 is 10.0 Å². The van der Waals surface area contributed by atoms with Crippen LogP contribution in [-0.4, -0.2) is 28.2 Å². The van der Waals surface area contributed by atoms with Crippen molar-refractivity contribution in [3.05, 3.63) is 48.0 Å². The fraction of sp³-hybridized carbons (Fsp3) is 0.389. The smallest absolute Gasteiger partial charge is 0.407 e. The van der Waals surface area contributed by atoms with Crippen molar-refractivity contribution in [3.63, 3.8) is 0 Å². The topological polar surface area (TPSA) is 40.5 Å². The van der Waals surface area contributed by atoms with Gasteiger partial charge in [0.2, 0.25) is 0 Å². The van der Waals surface area contributed by atoms with E-state index in [-0.39, 0.29) is 5.54 Å². The Hall–Kier alpha value is -2.03. The van der Waals surface area contributed by atoms with Gasteiger partial charge in [-0.3, -0.25) is 0 Å². The van der Waals surface area contributed by atoms with Gasteiger partial charge in [-0.05, 0) is 49.9 Å². The van der Waals surface area contributed by atoms with E-state index < -0.39 is 6.09 Å². The minimum Gasteiger partial charge on any atom is -0.465 e. The van der Waals surface area contributed by atoms with Crippen LogP contribution in [0, 0.1) is 0 Å². The maximum absolute atomic E-state index is 11.3. The van der Waals surface area contributed by atoms with Gasteiger partial charge in [0.1, 0.15) is 0 Å². The van der Waals surface area contributed by atoms with Crippen molar-refractivity contribution in [1.82, 2.24) is 4.90 Å². The average Bonchev–Trinajstić information content (AvgIpc) is 2.42. The fourth-order valence-electron chi connectivity index (χ4n) is 2.66. The Morgan fingerprint density at radius 3 is 2.43 bits per heavy atom. The highest BCUT2D eigenvalue weighted by atomic mass is 16.4. The molecule has 1 amide bonds. The molecule has 0 heterocycles. The van der Waals surface area contributed by atoms with Gasteiger partial charge in [0.05, 0.1) is 0 Å². The maximum atomic E-state index is 11.3. The van der Waals surface area contributed by atoms with Gasteiger partial charge in [-0.2, -0.15) is 0 Å². The van der Waals surface area contributed by atoms with E-state index in [0.29, 0.717) is 6.54 Å². The molecule has 0 bridgehead atoms. The molecular formula is C18H23NO2. The first-order chi connectivity index (χ1) is 9.89. The number of hydrogen-bond donors (Lipinski definition) is 1. The lowest BCUT2D eigenvalue weighted by Crippen LogP contribution is -2.45. The maximum Gasteiger partial charge on any atom is 0.407 e. The van der Waals surface area contributed by atoms with E-state index in [2.05, 4.69) is 30.3 Å². The second-order valence-electron chi connectivity index (χ2n) is 6.35. The molecule has 2 aromatic carbocycles. The van der Waals surface area contributed by atoms with Crippen molar-refractivity contribution in [1.29, 1.82) is 0 Å². The summed E-state index contributed by atoms with van der Waals surface area (Å²) in [6.07, 6.45) is 0.874. The summed E-state index contributed by atoms with van der Waals surface area (Å²) in [6.45, 7) is 6.35. The summed E-state index contributed by atoms with van der Waals surface area (Å²) < 4.78 is 0. The van der Waals surface area contributed by atoms with Crippen LogP contribution in [0.2, 0.25) is 0 Å². The highest BCUT2D eigenvalue weighted by molar-refractivity contribution is 5.85. The number of benzene rings is 2. The summed E-state index contributed by atoms with van der Waals surface area (Å²) in [5.74, 6) is 0. The van der Waals surface area contributed by atoms with E-state index in [4.69, 9.17) is 0 Å². The zero-order valence-electron chi connectivity index (χ0n) is 13.0. The molecule has 2 aromatic rings. The number of rotatable bonds is 4. The van der Waals surface area contributed by atoms with E-state index in [1.54, 1.807) is 0 Å². The fourth-order valence-corrected chi connectivity index (χ4v) is 2.66. The average molecular weight is 285 g/mol. The van der Waals surface area contributed by atoms with Crippen LogP contribution < -0.4 is 0 Å². The Morgan fingerprint density at radius 1 is 1.10 bits per heavy atom. The number of carboxylic acid groups (broad SMARTS) is 1. The first-order valence-corrected chi connectivity index (χ1v) is 7.37. The van der Waals surface area contributed by atoms with Gasteiger partial charge in [0.15, 0.2) is 0 Å². The molecule has 0 aromatic heterocycles. The minimum absolute atomic E-state index is 0.357. The van der Waals surface area contributed by atoms with Crippen LogP contribution in [0.3, 0.4) is 0 Å². The molecule has 0 saturated heterocycles. The summed E-state index contributed by atoms with van der Waals surface area (Å²) in [4.78, 5) is 12.8. The Kier molecular flexibility index (Phi) is 4.51. The predicted octanol–water partition coefficient (Wildman–Crippen LogP) is 4.55. The van der Waals surface area contributed by atoms with Crippen molar-refractivity contribution < 1.29 is 9.90 Å². The van der Waals surface area contributed by atoms with Crippen molar-refractivity contribution in [3.8, 4) is 0 Å². The lowest BCUT2D eigenvalue weighted by Gasteiger charge is -2.33. The molecule has 3 nitrogen and oxygen atoms in total. The number of carbonyl (C=O) groups is 1. The van der Waals surface area contributed by atoms with Crippen molar-refractivity contribution in [2.75, 3.05) is 6.54 Å². The molecule has 0 aliphatic rings. The molecule has 0 radical (unpaired) electrons. The van der Waals surface area contributed by atoms with Crippen LogP contribution in [0.4, 0.5) is 4.79 Å².